The average Bonchev–Trinajstić information content (AvgIpc) is 3.46. The highest BCUT2D eigenvalue weighted by molar-refractivity contribution is 5.71. The minimum atomic E-state index is -0.782. The van der Waals surface area contributed by atoms with Crippen LogP contribution in [0.15, 0.2) is 60.8 Å². The second-order valence-corrected chi connectivity index (χ2v) is 24.1. The van der Waals surface area contributed by atoms with E-state index in [9.17, 15) is 14.4 Å². The molecular formula is C75H136O6. The first-order valence-electron chi connectivity index (χ1n) is 35.8. The number of allylic oxidation sites excluding steroid dienone is 10. The highest BCUT2D eigenvalue weighted by Crippen LogP contribution is 2.18. The van der Waals surface area contributed by atoms with E-state index in [1.807, 2.05) is 0 Å². The molecule has 0 spiro atoms. The molecule has 0 aliphatic carbocycles. The predicted octanol–water partition coefficient (Wildman–Crippen LogP) is 24.7. The third kappa shape index (κ3) is 67.8. The smallest absolute Gasteiger partial charge is 0.306 e. The maximum absolute atomic E-state index is 13.0. The number of carbonyl (C=O) groups is 3. The molecule has 0 saturated heterocycles. The van der Waals surface area contributed by atoms with Crippen molar-refractivity contribution in [2.75, 3.05) is 13.2 Å². The number of esters is 3. The lowest BCUT2D eigenvalue weighted by molar-refractivity contribution is -0.167. The van der Waals surface area contributed by atoms with Gasteiger partial charge in [-0.05, 0) is 103 Å². The Labute approximate surface area is 504 Å². The molecule has 6 nitrogen and oxygen atoms in total. The van der Waals surface area contributed by atoms with Gasteiger partial charge in [0.1, 0.15) is 13.2 Å². The summed E-state index contributed by atoms with van der Waals surface area (Å²) in [6.07, 6.45) is 89.7. The number of rotatable bonds is 66. The van der Waals surface area contributed by atoms with Crippen molar-refractivity contribution in [3.05, 3.63) is 60.8 Å². The topological polar surface area (TPSA) is 78.9 Å². The van der Waals surface area contributed by atoms with Crippen LogP contribution in [0.2, 0.25) is 0 Å². The molecule has 0 bridgehead atoms. The number of hydrogen-bond acceptors (Lipinski definition) is 6. The second kappa shape index (κ2) is 69.6. The second-order valence-electron chi connectivity index (χ2n) is 24.1. The van der Waals surface area contributed by atoms with Crippen molar-refractivity contribution in [3.8, 4) is 0 Å². The van der Waals surface area contributed by atoms with Crippen molar-refractivity contribution in [3.63, 3.8) is 0 Å². The Morgan fingerprint density at radius 1 is 0.247 bits per heavy atom. The van der Waals surface area contributed by atoms with Crippen molar-refractivity contribution in [1.29, 1.82) is 0 Å². The first-order valence-corrected chi connectivity index (χ1v) is 35.8. The molecule has 0 aliphatic heterocycles. The Kier molecular flexibility index (Phi) is 67.1. The van der Waals surface area contributed by atoms with Crippen LogP contribution in [-0.4, -0.2) is 37.2 Å². The van der Waals surface area contributed by atoms with Crippen LogP contribution in [0.1, 0.15) is 380 Å². The van der Waals surface area contributed by atoms with Crippen molar-refractivity contribution in [1.82, 2.24) is 0 Å². The maximum atomic E-state index is 13.0. The zero-order chi connectivity index (χ0) is 58.5. The number of carbonyl (C=O) groups excluding carboxylic acids is 3. The van der Waals surface area contributed by atoms with Gasteiger partial charge in [-0.3, -0.25) is 14.4 Å². The molecule has 0 heterocycles. The summed E-state index contributed by atoms with van der Waals surface area (Å²) in [7, 11) is 0. The Bertz CT molecular complexity index is 1440. The summed E-state index contributed by atoms with van der Waals surface area (Å²) in [5, 5.41) is 0. The van der Waals surface area contributed by atoms with Crippen LogP contribution in [0.3, 0.4) is 0 Å². The van der Waals surface area contributed by atoms with Gasteiger partial charge in [-0.25, -0.2) is 0 Å². The van der Waals surface area contributed by atoms with Gasteiger partial charge >= 0.3 is 17.9 Å². The maximum Gasteiger partial charge on any atom is 0.306 e. The lowest BCUT2D eigenvalue weighted by Gasteiger charge is -2.18. The van der Waals surface area contributed by atoms with Crippen molar-refractivity contribution >= 4 is 17.9 Å². The third-order valence-corrected chi connectivity index (χ3v) is 15.9. The lowest BCUT2D eigenvalue weighted by atomic mass is 10.0. The number of ether oxygens (including phenoxy) is 3. The summed E-state index contributed by atoms with van der Waals surface area (Å²) < 4.78 is 17.0. The van der Waals surface area contributed by atoms with Crippen LogP contribution in [-0.2, 0) is 28.6 Å². The molecule has 81 heavy (non-hydrogen) atoms. The zero-order valence-corrected chi connectivity index (χ0v) is 54.3. The molecule has 0 amide bonds. The molecule has 0 radical (unpaired) electrons. The van der Waals surface area contributed by atoms with Crippen LogP contribution in [0.25, 0.3) is 0 Å². The molecule has 1 unspecified atom stereocenters. The third-order valence-electron chi connectivity index (χ3n) is 15.9. The summed E-state index contributed by atoms with van der Waals surface area (Å²) in [5.41, 5.74) is 0. The summed E-state index contributed by atoms with van der Waals surface area (Å²) in [6, 6.07) is 0. The molecule has 0 rings (SSSR count). The molecule has 0 aromatic rings. The van der Waals surface area contributed by atoms with E-state index in [0.717, 1.165) is 89.9 Å². The Morgan fingerprint density at radius 3 is 0.741 bits per heavy atom. The van der Waals surface area contributed by atoms with Crippen LogP contribution < -0.4 is 0 Å². The SMILES string of the molecule is CCC/C=C\C/C=C\CCCCCCCC(=O)OCC(COC(=O)CCCCCCCCCCCCCCCCC/C=C\CCCCCCCCCC)OC(=O)CCCCCCCCCCCCC/C=C\C/C=C\CCCCCCC. The molecule has 0 saturated carbocycles. The molecule has 0 N–H and O–H groups in total. The van der Waals surface area contributed by atoms with Gasteiger partial charge in [0.2, 0.25) is 0 Å². The van der Waals surface area contributed by atoms with E-state index in [4.69, 9.17) is 14.2 Å². The molecule has 0 aromatic carbocycles. The van der Waals surface area contributed by atoms with Gasteiger partial charge in [0.05, 0.1) is 0 Å². The standard InChI is InChI=1S/C75H136O6/c1-4-7-10-13-16-19-22-25-27-29-31-33-35-36-37-38-40-41-43-45-47-50-53-56-59-62-65-68-74(77)80-71-72(70-79-73(76)67-64-61-58-55-52-49-24-21-18-15-12-9-6-3)81-75(78)69-66-63-60-57-54-51-48-46-44-42-39-34-32-30-28-26-23-20-17-14-11-8-5-2/h12,15,21,23-24,26,29-32,72H,4-11,13-14,16-20,22,25,27-28,33-71H2,1-3H3/b15-12-,24-21-,26-23-,31-29-,32-30-. The highest BCUT2D eigenvalue weighted by atomic mass is 16.6. The van der Waals surface area contributed by atoms with Crippen molar-refractivity contribution < 1.29 is 28.6 Å². The van der Waals surface area contributed by atoms with Gasteiger partial charge < -0.3 is 14.2 Å². The molecule has 1 atom stereocenters. The van der Waals surface area contributed by atoms with E-state index in [0.29, 0.717) is 19.3 Å². The fourth-order valence-electron chi connectivity index (χ4n) is 10.6. The monoisotopic (exact) mass is 1130 g/mol. The first-order chi connectivity index (χ1) is 40.0. The molecular weight excluding hydrogens is 997 g/mol. The van der Waals surface area contributed by atoms with E-state index in [2.05, 4.69) is 81.5 Å². The predicted molar refractivity (Wildman–Crippen MR) is 353 cm³/mol. The largest absolute Gasteiger partial charge is 0.462 e. The zero-order valence-electron chi connectivity index (χ0n) is 54.3. The summed E-state index contributed by atoms with van der Waals surface area (Å²) in [5.74, 6) is -0.871. The summed E-state index contributed by atoms with van der Waals surface area (Å²) in [6.45, 7) is 6.61. The van der Waals surface area contributed by atoms with Gasteiger partial charge in [0.25, 0.3) is 0 Å². The fraction of sp³-hybridized carbons (Fsp3) is 0.827. The number of unbranched alkanes of at least 4 members (excludes halogenated alkanes) is 45. The Morgan fingerprint density at radius 2 is 0.469 bits per heavy atom. The van der Waals surface area contributed by atoms with E-state index >= 15 is 0 Å². The number of hydrogen-bond donors (Lipinski definition) is 0. The molecule has 0 aromatic heterocycles. The van der Waals surface area contributed by atoms with Gasteiger partial charge in [0, 0.05) is 19.3 Å². The fourth-order valence-corrected chi connectivity index (χ4v) is 10.6. The first kappa shape index (κ1) is 78.1. The van der Waals surface area contributed by atoms with E-state index in [1.54, 1.807) is 0 Å². The minimum Gasteiger partial charge on any atom is -0.462 e. The van der Waals surface area contributed by atoms with E-state index in [1.165, 1.54) is 250 Å². The Hall–Kier alpha value is -2.89. The molecule has 6 heteroatoms. The normalized spacial score (nSPS) is 12.4. The molecule has 0 fully saturated rings. The lowest BCUT2D eigenvalue weighted by Crippen LogP contribution is -2.30. The van der Waals surface area contributed by atoms with Crippen LogP contribution in [0.5, 0.6) is 0 Å². The van der Waals surface area contributed by atoms with Crippen LogP contribution in [0, 0.1) is 0 Å². The van der Waals surface area contributed by atoms with Gasteiger partial charge in [-0.1, -0.05) is 319 Å². The van der Waals surface area contributed by atoms with Crippen molar-refractivity contribution in [2.24, 2.45) is 0 Å². The van der Waals surface area contributed by atoms with Crippen molar-refractivity contribution in [2.45, 2.75) is 386 Å². The van der Waals surface area contributed by atoms with Crippen LogP contribution >= 0.6 is 0 Å². The minimum absolute atomic E-state index is 0.0765. The highest BCUT2D eigenvalue weighted by Gasteiger charge is 2.19. The molecule has 472 valence electrons. The van der Waals surface area contributed by atoms with E-state index < -0.39 is 6.10 Å². The summed E-state index contributed by atoms with van der Waals surface area (Å²) >= 11 is 0. The van der Waals surface area contributed by atoms with Gasteiger partial charge in [-0.15, -0.1) is 0 Å². The summed E-state index contributed by atoms with van der Waals surface area (Å²) in [4.78, 5) is 38.4. The molecule has 0 aliphatic rings. The van der Waals surface area contributed by atoms with Gasteiger partial charge in [0.15, 0.2) is 6.10 Å². The van der Waals surface area contributed by atoms with Crippen LogP contribution in [0.4, 0.5) is 0 Å². The van der Waals surface area contributed by atoms with Gasteiger partial charge in [-0.2, -0.15) is 0 Å². The average molecular weight is 1130 g/mol. The van der Waals surface area contributed by atoms with E-state index in [-0.39, 0.29) is 31.1 Å². The Balaban J connectivity index is 4.24. The quantitative estimate of drug-likeness (QED) is 0.0261.